The third-order valence-corrected chi connectivity index (χ3v) is 10.6. The standard InChI is InChI=1S/C50H36N3O2.Pt/c1-50(2,3)36-23-24-42(40(30-36)31-13-5-4-6-14-31)53-43-21-12-20-37(47(43)52-49(53)39-19-9-10-22-44(39)54)34-17-11-18-35(27-34)46-48-38(25-26-51-46)41-28-32-15-7-8-16-33(32)29-45(41)55-48;/h4-26,28-30,54H,1-3H3;/q-1;. The van der Waals surface area contributed by atoms with Crippen LogP contribution in [0.15, 0.2) is 162 Å². The average molecular weight is 906 g/mol. The van der Waals surface area contributed by atoms with Gasteiger partial charge >= 0.3 is 0 Å². The molecule has 0 aliphatic heterocycles. The molecule has 0 saturated heterocycles. The van der Waals surface area contributed by atoms with Crippen molar-refractivity contribution in [2.24, 2.45) is 0 Å². The van der Waals surface area contributed by atoms with Gasteiger partial charge in [-0.15, -0.1) is 29.8 Å². The molecule has 0 aliphatic carbocycles. The Labute approximate surface area is 339 Å². The zero-order valence-electron chi connectivity index (χ0n) is 31.0. The molecule has 0 saturated carbocycles. The molecule has 7 aromatic carbocycles. The van der Waals surface area contributed by atoms with Crippen molar-refractivity contribution in [3.63, 3.8) is 0 Å². The fraction of sp³-hybridized carbons (Fsp3) is 0.0800. The molecular weight excluding hydrogens is 870 g/mol. The zero-order chi connectivity index (χ0) is 37.3. The number of pyridine rings is 1. The van der Waals surface area contributed by atoms with Gasteiger partial charge in [0.05, 0.1) is 22.3 Å². The maximum Gasteiger partial charge on any atom is 0.148 e. The van der Waals surface area contributed by atoms with Crippen LogP contribution in [0.25, 0.3) is 94.3 Å². The summed E-state index contributed by atoms with van der Waals surface area (Å²) in [7, 11) is 0. The van der Waals surface area contributed by atoms with Crippen molar-refractivity contribution in [2.45, 2.75) is 26.2 Å². The van der Waals surface area contributed by atoms with E-state index in [0.29, 0.717) is 11.4 Å². The molecule has 3 heterocycles. The van der Waals surface area contributed by atoms with E-state index in [1.54, 1.807) is 6.07 Å². The Hall–Kier alpha value is -6.29. The number of imidazole rings is 1. The van der Waals surface area contributed by atoms with Gasteiger partial charge in [-0.1, -0.05) is 117 Å². The van der Waals surface area contributed by atoms with Gasteiger partial charge in [0.2, 0.25) is 0 Å². The molecule has 0 aliphatic rings. The Morgan fingerprint density at radius 3 is 2.16 bits per heavy atom. The van der Waals surface area contributed by atoms with Crippen LogP contribution >= 0.6 is 0 Å². The summed E-state index contributed by atoms with van der Waals surface area (Å²) in [6.07, 6.45) is 1.85. The predicted octanol–water partition coefficient (Wildman–Crippen LogP) is 12.9. The van der Waals surface area contributed by atoms with Crippen molar-refractivity contribution < 1.29 is 30.6 Å². The third-order valence-electron chi connectivity index (χ3n) is 10.6. The van der Waals surface area contributed by atoms with Crippen LogP contribution in [0.4, 0.5) is 0 Å². The van der Waals surface area contributed by atoms with Crippen molar-refractivity contribution in [2.75, 3.05) is 0 Å². The van der Waals surface area contributed by atoms with E-state index in [-0.39, 0.29) is 32.2 Å². The van der Waals surface area contributed by atoms with Crippen LogP contribution in [0.1, 0.15) is 26.3 Å². The van der Waals surface area contributed by atoms with E-state index in [4.69, 9.17) is 14.4 Å². The molecule has 10 rings (SSSR count). The Kier molecular flexibility index (Phi) is 8.71. The molecule has 6 heteroatoms. The molecule has 10 aromatic rings. The van der Waals surface area contributed by atoms with Crippen LogP contribution in [0.2, 0.25) is 0 Å². The van der Waals surface area contributed by atoms with Gasteiger partial charge in [0.15, 0.2) is 0 Å². The van der Waals surface area contributed by atoms with Crippen LogP contribution in [-0.4, -0.2) is 19.6 Å². The largest absolute Gasteiger partial charge is 0.507 e. The number of phenols is 1. The first kappa shape index (κ1) is 35.4. The SMILES string of the molecule is CC(C)(C)c1ccc(-n2c(-c3ccccc3O)nc3c(-c4[c-]c(-c5nccc6c5oc5cc7ccccc7cc56)ccc4)cccc32)c(-c2ccccc2)c1.[Pt]. The van der Waals surface area contributed by atoms with E-state index in [9.17, 15) is 5.11 Å². The number of rotatable bonds is 5. The van der Waals surface area contributed by atoms with E-state index >= 15 is 0 Å². The van der Waals surface area contributed by atoms with E-state index in [2.05, 4.69) is 128 Å². The number of furan rings is 1. The summed E-state index contributed by atoms with van der Waals surface area (Å²) >= 11 is 0. The second-order valence-electron chi connectivity index (χ2n) is 15.1. The van der Waals surface area contributed by atoms with Gasteiger partial charge in [-0.3, -0.25) is 9.55 Å². The van der Waals surface area contributed by atoms with Crippen LogP contribution in [-0.2, 0) is 26.5 Å². The third kappa shape index (κ3) is 5.91. The zero-order valence-corrected chi connectivity index (χ0v) is 33.3. The van der Waals surface area contributed by atoms with Crippen LogP contribution in [0.3, 0.4) is 0 Å². The van der Waals surface area contributed by atoms with E-state index < -0.39 is 0 Å². The summed E-state index contributed by atoms with van der Waals surface area (Å²) in [5.74, 6) is 0.818. The molecule has 3 aromatic heterocycles. The number of phenolic OH excluding ortho intramolecular Hbond substituents is 1. The Morgan fingerprint density at radius 2 is 1.36 bits per heavy atom. The van der Waals surface area contributed by atoms with Crippen molar-refractivity contribution in [1.29, 1.82) is 0 Å². The molecule has 0 atom stereocenters. The molecule has 1 N–H and O–H groups in total. The molecular formula is C50H36N3O2Pt-. The fourth-order valence-corrected chi connectivity index (χ4v) is 7.79. The van der Waals surface area contributed by atoms with E-state index in [1.165, 1.54) is 10.9 Å². The number of aromatic hydroxyl groups is 1. The number of hydrogen-bond donors (Lipinski definition) is 1. The first-order valence-electron chi connectivity index (χ1n) is 18.5. The van der Waals surface area contributed by atoms with Crippen LogP contribution in [0, 0.1) is 6.07 Å². The molecule has 0 spiro atoms. The van der Waals surface area contributed by atoms with Crippen molar-refractivity contribution in [1.82, 2.24) is 14.5 Å². The number of nitrogens with zero attached hydrogens (tertiary/aromatic N) is 3. The van der Waals surface area contributed by atoms with Crippen molar-refractivity contribution in [3.8, 4) is 56.3 Å². The van der Waals surface area contributed by atoms with E-state index in [0.717, 1.165) is 77.6 Å². The summed E-state index contributed by atoms with van der Waals surface area (Å²) in [4.78, 5) is 10.2. The topological polar surface area (TPSA) is 64.1 Å². The average Bonchev–Trinajstić information content (AvgIpc) is 3.78. The van der Waals surface area contributed by atoms with E-state index in [1.807, 2.05) is 54.7 Å². The minimum Gasteiger partial charge on any atom is -0.507 e. The summed E-state index contributed by atoms with van der Waals surface area (Å²) in [5, 5.41) is 15.6. The van der Waals surface area contributed by atoms with Gasteiger partial charge < -0.3 is 9.52 Å². The van der Waals surface area contributed by atoms with Crippen molar-refractivity contribution >= 4 is 43.7 Å². The normalized spacial score (nSPS) is 11.8. The smallest absolute Gasteiger partial charge is 0.148 e. The van der Waals surface area contributed by atoms with Gasteiger partial charge in [-0.25, -0.2) is 4.98 Å². The monoisotopic (exact) mass is 905 g/mol. The quantitative estimate of drug-likeness (QED) is 0.175. The summed E-state index contributed by atoms with van der Waals surface area (Å²) in [6.45, 7) is 6.71. The first-order valence-corrected chi connectivity index (χ1v) is 18.5. The Morgan fingerprint density at radius 1 is 0.643 bits per heavy atom. The second-order valence-corrected chi connectivity index (χ2v) is 15.1. The molecule has 0 fully saturated rings. The fourth-order valence-electron chi connectivity index (χ4n) is 7.79. The molecule has 5 nitrogen and oxygen atoms in total. The minimum atomic E-state index is -0.0523. The van der Waals surface area contributed by atoms with Crippen LogP contribution in [0.5, 0.6) is 5.75 Å². The molecule has 0 radical (unpaired) electrons. The number of hydrogen-bond acceptors (Lipinski definition) is 4. The second kappa shape index (κ2) is 13.8. The van der Waals surface area contributed by atoms with Gasteiger partial charge in [0, 0.05) is 49.3 Å². The Bertz CT molecular complexity index is 3100. The van der Waals surface area contributed by atoms with Crippen LogP contribution < -0.4 is 0 Å². The molecule has 0 bridgehead atoms. The van der Waals surface area contributed by atoms with Gasteiger partial charge in [-0.05, 0) is 75.8 Å². The number of aromatic nitrogens is 3. The minimum absolute atomic E-state index is 0. The first-order chi connectivity index (χ1) is 26.8. The van der Waals surface area contributed by atoms with Gasteiger partial charge in [-0.2, -0.15) is 0 Å². The van der Waals surface area contributed by atoms with Gasteiger partial charge in [0.1, 0.15) is 22.7 Å². The molecule has 274 valence electrons. The number of para-hydroxylation sites is 2. The maximum atomic E-state index is 11.3. The van der Waals surface area contributed by atoms with Crippen molar-refractivity contribution in [3.05, 3.63) is 169 Å². The predicted molar refractivity (Wildman–Crippen MR) is 225 cm³/mol. The molecule has 0 unspecified atom stereocenters. The maximum absolute atomic E-state index is 11.3. The summed E-state index contributed by atoms with van der Waals surface area (Å²) in [6, 6.07) is 55.3. The van der Waals surface area contributed by atoms with Gasteiger partial charge in [0.25, 0.3) is 0 Å². The number of benzene rings is 7. The summed E-state index contributed by atoms with van der Waals surface area (Å²) in [5.41, 5.74) is 11.6. The summed E-state index contributed by atoms with van der Waals surface area (Å²) < 4.78 is 8.73. The number of fused-ring (bicyclic) bond motifs is 5. The Balaban J connectivity index is 0.00000410. The molecule has 56 heavy (non-hydrogen) atoms. The molecule has 0 amide bonds.